The Morgan fingerprint density at radius 2 is 2.08 bits per heavy atom. The third kappa shape index (κ3) is 3.67. The molecule has 0 saturated carbocycles. The Hall–Kier alpha value is -2.94. The Morgan fingerprint density at radius 3 is 2.69 bits per heavy atom. The fraction of sp³-hybridized carbons (Fsp3) is 0.235. The number of nitrogens with zero attached hydrogens (tertiary/aromatic N) is 4. The van der Waals surface area contributed by atoms with E-state index >= 15 is 0 Å². The molecule has 8 nitrogen and oxygen atoms in total. The highest BCUT2D eigenvalue weighted by molar-refractivity contribution is 8.03. The summed E-state index contributed by atoms with van der Waals surface area (Å²) in [7, 11) is 0. The number of carboxylic acids is 1. The normalized spacial score (nSPS) is 17.5. The van der Waals surface area contributed by atoms with Crippen molar-refractivity contribution in [3.05, 3.63) is 47.2 Å². The fourth-order valence-electron chi connectivity index (χ4n) is 2.34. The van der Waals surface area contributed by atoms with E-state index in [1.54, 1.807) is 31.2 Å². The monoisotopic (exact) mass is 372 g/mol. The molecule has 134 valence electrons. The van der Waals surface area contributed by atoms with Crippen LogP contribution in [0.2, 0.25) is 0 Å². The van der Waals surface area contributed by atoms with Gasteiger partial charge in [-0.15, -0.1) is 10.2 Å². The van der Waals surface area contributed by atoms with Crippen molar-refractivity contribution in [2.24, 2.45) is 11.0 Å². The standard InChI is InChI=1S/C17H16N4O4S/c1-3-14-18-19-17(25-14)26-13(16(23)24)9-12-10(2)20-21(15(12)22)11-7-5-4-6-8-11/h4-9,12H,3H2,1-2H3,(H,23,24)/b13-9-/t12-/m0/s1. The smallest absolute Gasteiger partial charge is 0.342 e. The molecule has 0 bridgehead atoms. The number of rotatable bonds is 6. The Kier molecular flexibility index (Phi) is 5.17. The van der Waals surface area contributed by atoms with Gasteiger partial charge >= 0.3 is 5.97 Å². The highest BCUT2D eigenvalue weighted by Crippen LogP contribution is 2.30. The second-order valence-electron chi connectivity index (χ2n) is 5.46. The summed E-state index contributed by atoms with van der Waals surface area (Å²) in [6.07, 6.45) is 1.92. The first kappa shape index (κ1) is 17.9. The number of aryl methyl sites for hydroxylation is 1. The Labute approximate surface area is 153 Å². The average molecular weight is 372 g/mol. The number of aliphatic carboxylic acids is 1. The van der Waals surface area contributed by atoms with Gasteiger partial charge in [0.15, 0.2) is 0 Å². The number of anilines is 1. The lowest BCUT2D eigenvalue weighted by Crippen LogP contribution is -2.26. The van der Waals surface area contributed by atoms with E-state index in [0.29, 0.717) is 23.7 Å². The van der Waals surface area contributed by atoms with Gasteiger partial charge < -0.3 is 9.52 Å². The molecule has 0 spiro atoms. The van der Waals surface area contributed by atoms with Gasteiger partial charge in [0.1, 0.15) is 0 Å². The fourth-order valence-corrected chi connectivity index (χ4v) is 3.04. The van der Waals surface area contributed by atoms with Crippen LogP contribution in [0, 0.1) is 5.92 Å². The number of thioether (sulfide) groups is 1. The molecule has 0 fully saturated rings. The van der Waals surface area contributed by atoms with E-state index in [9.17, 15) is 14.7 Å². The van der Waals surface area contributed by atoms with Crippen LogP contribution in [0.25, 0.3) is 0 Å². The van der Waals surface area contributed by atoms with Gasteiger partial charge in [0.2, 0.25) is 5.89 Å². The summed E-state index contributed by atoms with van der Waals surface area (Å²) < 4.78 is 5.33. The summed E-state index contributed by atoms with van der Waals surface area (Å²) in [5, 5.41) is 22.7. The molecular weight excluding hydrogens is 356 g/mol. The van der Waals surface area contributed by atoms with Crippen LogP contribution in [-0.2, 0) is 16.0 Å². The van der Waals surface area contributed by atoms with Crippen molar-refractivity contribution in [3.8, 4) is 0 Å². The number of carbonyl (C=O) groups is 2. The van der Waals surface area contributed by atoms with Crippen molar-refractivity contribution in [2.45, 2.75) is 25.5 Å². The van der Waals surface area contributed by atoms with Gasteiger partial charge in [0.25, 0.3) is 11.1 Å². The van der Waals surface area contributed by atoms with Crippen LogP contribution in [-0.4, -0.2) is 32.9 Å². The van der Waals surface area contributed by atoms with E-state index in [-0.39, 0.29) is 16.0 Å². The molecule has 2 heterocycles. The molecule has 2 aromatic rings. The average Bonchev–Trinajstić information content (AvgIpc) is 3.20. The van der Waals surface area contributed by atoms with E-state index < -0.39 is 11.9 Å². The molecule has 0 saturated heterocycles. The first-order valence-corrected chi connectivity index (χ1v) is 8.70. The van der Waals surface area contributed by atoms with Crippen LogP contribution in [0.4, 0.5) is 5.69 Å². The van der Waals surface area contributed by atoms with Gasteiger partial charge in [-0.2, -0.15) is 10.1 Å². The number of carbonyl (C=O) groups excluding carboxylic acids is 1. The number of benzene rings is 1. The second kappa shape index (κ2) is 7.52. The van der Waals surface area contributed by atoms with Crippen molar-refractivity contribution in [1.29, 1.82) is 0 Å². The van der Waals surface area contributed by atoms with Gasteiger partial charge in [0, 0.05) is 6.42 Å². The highest BCUT2D eigenvalue weighted by atomic mass is 32.2. The predicted octanol–water partition coefficient (Wildman–Crippen LogP) is 2.73. The third-order valence-electron chi connectivity index (χ3n) is 3.66. The first-order chi connectivity index (χ1) is 12.5. The number of hydrogen-bond donors (Lipinski definition) is 1. The lowest BCUT2D eigenvalue weighted by Gasteiger charge is -2.12. The maximum absolute atomic E-state index is 12.7. The number of aromatic nitrogens is 2. The van der Waals surface area contributed by atoms with Gasteiger partial charge in [0.05, 0.1) is 22.2 Å². The zero-order chi connectivity index (χ0) is 18.7. The molecule has 1 aliphatic rings. The van der Waals surface area contributed by atoms with Gasteiger partial charge in [-0.3, -0.25) is 4.79 Å². The minimum absolute atomic E-state index is 0.0703. The van der Waals surface area contributed by atoms with E-state index in [4.69, 9.17) is 4.42 Å². The Bertz CT molecular complexity index is 891. The summed E-state index contributed by atoms with van der Waals surface area (Å²) >= 11 is 0.817. The van der Waals surface area contributed by atoms with Gasteiger partial charge in [-0.1, -0.05) is 25.1 Å². The zero-order valence-corrected chi connectivity index (χ0v) is 14.9. The number of para-hydroxylation sites is 1. The number of hydrogen-bond acceptors (Lipinski definition) is 7. The highest BCUT2D eigenvalue weighted by Gasteiger charge is 2.34. The topological polar surface area (TPSA) is 109 Å². The summed E-state index contributed by atoms with van der Waals surface area (Å²) in [4.78, 5) is 24.2. The lowest BCUT2D eigenvalue weighted by molar-refractivity contribution is -0.131. The van der Waals surface area contributed by atoms with Crippen molar-refractivity contribution in [2.75, 3.05) is 5.01 Å². The molecule has 0 radical (unpaired) electrons. The minimum atomic E-state index is -1.18. The molecule has 0 unspecified atom stereocenters. The molecule has 9 heteroatoms. The van der Waals surface area contributed by atoms with Crippen molar-refractivity contribution in [1.82, 2.24) is 10.2 Å². The largest absolute Gasteiger partial charge is 0.477 e. The van der Waals surface area contributed by atoms with Gasteiger partial charge in [-0.05, 0) is 36.9 Å². The SMILES string of the molecule is CCc1nnc(S/C(=C\[C@@H]2C(=O)N(c3ccccc3)N=C2C)C(=O)O)o1. The summed E-state index contributed by atoms with van der Waals surface area (Å²) in [5.74, 6) is -1.83. The third-order valence-corrected chi connectivity index (χ3v) is 4.53. The molecule has 0 aliphatic carbocycles. The van der Waals surface area contributed by atoms with Crippen LogP contribution in [0.5, 0.6) is 0 Å². The number of hydrazone groups is 1. The van der Waals surface area contributed by atoms with Crippen LogP contribution in [0.1, 0.15) is 19.7 Å². The van der Waals surface area contributed by atoms with E-state index in [1.165, 1.54) is 11.1 Å². The molecule has 1 aromatic heterocycles. The van der Waals surface area contributed by atoms with Crippen molar-refractivity contribution < 1.29 is 19.1 Å². The van der Waals surface area contributed by atoms with Crippen LogP contribution in [0.15, 0.2) is 56.1 Å². The van der Waals surface area contributed by atoms with Crippen molar-refractivity contribution in [3.63, 3.8) is 0 Å². The maximum atomic E-state index is 12.7. The lowest BCUT2D eigenvalue weighted by atomic mass is 10.0. The Balaban J connectivity index is 1.85. The number of carboxylic acid groups (broad SMARTS) is 1. The molecule has 1 aliphatic heterocycles. The Morgan fingerprint density at radius 1 is 1.35 bits per heavy atom. The zero-order valence-electron chi connectivity index (χ0n) is 14.1. The summed E-state index contributed by atoms with van der Waals surface area (Å²) in [5.41, 5.74) is 1.14. The quantitative estimate of drug-likeness (QED) is 0.613. The maximum Gasteiger partial charge on any atom is 0.342 e. The van der Waals surface area contributed by atoms with Crippen LogP contribution in [0.3, 0.4) is 0 Å². The van der Waals surface area contributed by atoms with Gasteiger partial charge in [-0.25, -0.2) is 4.79 Å². The van der Waals surface area contributed by atoms with Crippen LogP contribution >= 0.6 is 11.8 Å². The molecule has 1 N–H and O–H groups in total. The summed E-state index contributed by atoms with van der Waals surface area (Å²) in [6.45, 7) is 3.54. The molecule has 3 rings (SSSR count). The number of amides is 1. The molecular formula is C17H16N4O4S. The minimum Gasteiger partial charge on any atom is -0.477 e. The van der Waals surface area contributed by atoms with E-state index in [2.05, 4.69) is 15.3 Å². The molecule has 1 aromatic carbocycles. The second-order valence-corrected chi connectivity index (χ2v) is 6.45. The molecule has 1 amide bonds. The van der Waals surface area contributed by atoms with E-state index in [0.717, 1.165) is 11.8 Å². The first-order valence-electron chi connectivity index (χ1n) is 7.89. The predicted molar refractivity (Wildman–Crippen MR) is 95.8 cm³/mol. The van der Waals surface area contributed by atoms with E-state index in [1.807, 2.05) is 13.0 Å². The molecule has 26 heavy (non-hydrogen) atoms. The van der Waals surface area contributed by atoms with Crippen molar-refractivity contribution >= 4 is 35.0 Å². The molecule has 1 atom stereocenters. The summed E-state index contributed by atoms with van der Waals surface area (Å²) in [6, 6.07) is 8.97. The van der Waals surface area contributed by atoms with Crippen LogP contribution < -0.4 is 5.01 Å².